The second-order valence-electron chi connectivity index (χ2n) is 4.32. The Hall–Kier alpha value is -1.31. The van der Waals surface area contributed by atoms with Crippen molar-refractivity contribution < 1.29 is 4.42 Å². The molecule has 1 aromatic carbocycles. The van der Waals surface area contributed by atoms with Crippen molar-refractivity contribution in [1.29, 1.82) is 0 Å². The standard InChI is InChI=1S/C14H19NO/c1-2-3-4-5-6-7-12-8-9-14-13(10-12)15-11-16-14/h8-11H,2-7H2,1H3. The summed E-state index contributed by atoms with van der Waals surface area (Å²) in [6, 6.07) is 6.30. The Bertz CT molecular complexity index is 433. The molecule has 1 aromatic heterocycles. The highest BCUT2D eigenvalue weighted by molar-refractivity contribution is 5.72. The molecule has 0 N–H and O–H groups in total. The van der Waals surface area contributed by atoms with Crippen LogP contribution in [0.4, 0.5) is 0 Å². The molecule has 2 rings (SSSR count). The van der Waals surface area contributed by atoms with Gasteiger partial charge in [0.1, 0.15) is 5.52 Å². The lowest BCUT2D eigenvalue weighted by Crippen LogP contribution is -1.86. The molecule has 0 fully saturated rings. The number of fused-ring (bicyclic) bond motifs is 1. The van der Waals surface area contributed by atoms with E-state index in [4.69, 9.17) is 4.42 Å². The zero-order valence-electron chi connectivity index (χ0n) is 9.91. The number of oxazole rings is 1. The van der Waals surface area contributed by atoms with Gasteiger partial charge in [-0.25, -0.2) is 4.98 Å². The Kier molecular flexibility index (Phi) is 3.97. The van der Waals surface area contributed by atoms with Crippen LogP contribution in [0.15, 0.2) is 29.0 Å². The van der Waals surface area contributed by atoms with Crippen molar-refractivity contribution in [3.63, 3.8) is 0 Å². The number of aromatic nitrogens is 1. The molecule has 0 bridgehead atoms. The van der Waals surface area contributed by atoms with Crippen molar-refractivity contribution in [2.75, 3.05) is 0 Å². The highest BCUT2D eigenvalue weighted by Crippen LogP contribution is 2.16. The second kappa shape index (κ2) is 5.69. The third kappa shape index (κ3) is 2.84. The first-order chi connectivity index (χ1) is 7.90. The topological polar surface area (TPSA) is 26.0 Å². The van der Waals surface area contributed by atoms with Crippen LogP contribution in [0.2, 0.25) is 0 Å². The van der Waals surface area contributed by atoms with Gasteiger partial charge in [-0.05, 0) is 30.5 Å². The van der Waals surface area contributed by atoms with Crippen molar-refractivity contribution >= 4 is 11.1 Å². The molecule has 16 heavy (non-hydrogen) atoms. The molecular formula is C14H19NO. The van der Waals surface area contributed by atoms with Crippen molar-refractivity contribution in [1.82, 2.24) is 4.98 Å². The summed E-state index contributed by atoms with van der Waals surface area (Å²) in [5.41, 5.74) is 3.23. The molecule has 86 valence electrons. The third-order valence-electron chi connectivity index (χ3n) is 2.96. The first-order valence-corrected chi connectivity index (χ1v) is 6.22. The van der Waals surface area contributed by atoms with Crippen molar-refractivity contribution in [2.45, 2.75) is 45.4 Å². The summed E-state index contributed by atoms with van der Waals surface area (Å²) >= 11 is 0. The Balaban J connectivity index is 1.84. The van der Waals surface area contributed by atoms with E-state index in [-0.39, 0.29) is 0 Å². The number of hydrogen-bond acceptors (Lipinski definition) is 2. The molecular weight excluding hydrogens is 198 g/mol. The van der Waals surface area contributed by atoms with Crippen LogP contribution in [0.25, 0.3) is 11.1 Å². The smallest absolute Gasteiger partial charge is 0.181 e. The lowest BCUT2D eigenvalue weighted by Gasteiger charge is -2.01. The van der Waals surface area contributed by atoms with E-state index < -0.39 is 0 Å². The van der Waals surface area contributed by atoms with E-state index in [0.29, 0.717) is 0 Å². The van der Waals surface area contributed by atoms with E-state index in [0.717, 1.165) is 17.5 Å². The van der Waals surface area contributed by atoms with Gasteiger partial charge in [-0.2, -0.15) is 0 Å². The number of benzene rings is 1. The van der Waals surface area contributed by atoms with Crippen LogP contribution in [0, 0.1) is 0 Å². The quantitative estimate of drug-likeness (QED) is 0.673. The minimum absolute atomic E-state index is 0.884. The van der Waals surface area contributed by atoms with Crippen molar-refractivity contribution in [3.8, 4) is 0 Å². The lowest BCUT2D eigenvalue weighted by molar-refractivity contribution is 0.602. The van der Waals surface area contributed by atoms with Crippen molar-refractivity contribution in [3.05, 3.63) is 30.2 Å². The summed E-state index contributed by atoms with van der Waals surface area (Å²) in [6.07, 6.45) is 9.33. The van der Waals surface area contributed by atoms with E-state index in [9.17, 15) is 0 Å². The van der Waals surface area contributed by atoms with Crippen LogP contribution in [-0.4, -0.2) is 4.98 Å². The van der Waals surface area contributed by atoms with Crippen molar-refractivity contribution in [2.24, 2.45) is 0 Å². The summed E-state index contributed by atoms with van der Waals surface area (Å²) in [7, 11) is 0. The van der Waals surface area contributed by atoms with Gasteiger partial charge in [-0.3, -0.25) is 0 Å². The molecule has 0 atom stereocenters. The molecule has 0 amide bonds. The van der Waals surface area contributed by atoms with E-state index in [2.05, 4.69) is 24.0 Å². The van der Waals surface area contributed by atoms with Gasteiger partial charge < -0.3 is 4.42 Å². The Morgan fingerprint density at radius 1 is 1.12 bits per heavy atom. The molecule has 0 saturated carbocycles. The van der Waals surface area contributed by atoms with E-state index >= 15 is 0 Å². The Morgan fingerprint density at radius 2 is 2.00 bits per heavy atom. The number of unbranched alkanes of at least 4 members (excludes halogenated alkanes) is 4. The molecule has 0 spiro atoms. The van der Waals surface area contributed by atoms with Gasteiger partial charge in [-0.15, -0.1) is 0 Å². The fraction of sp³-hybridized carbons (Fsp3) is 0.500. The van der Waals surface area contributed by atoms with E-state index in [1.807, 2.05) is 6.07 Å². The van der Waals surface area contributed by atoms with Gasteiger partial charge in [0.2, 0.25) is 0 Å². The zero-order valence-corrected chi connectivity index (χ0v) is 9.91. The number of aryl methyl sites for hydroxylation is 1. The third-order valence-corrected chi connectivity index (χ3v) is 2.96. The summed E-state index contributed by atoms with van der Waals surface area (Å²) in [4.78, 5) is 4.17. The predicted octanol–water partition coefficient (Wildman–Crippen LogP) is 4.34. The van der Waals surface area contributed by atoms with Crippen LogP contribution >= 0.6 is 0 Å². The first-order valence-electron chi connectivity index (χ1n) is 6.22. The summed E-state index contributed by atoms with van der Waals surface area (Å²) in [6.45, 7) is 2.25. The van der Waals surface area contributed by atoms with Gasteiger partial charge in [-0.1, -0.05) is 38.7 Å². The normalized spacial score (nSPS) is 11.1. The molecule has 0 aliphatic heterocycles. The largest absolute Gasteiger partial charge is 0.443 e. The van der Waals surface area contributed by atoms with Crippen LogP contribution in [0.3, 0.4) is 0 Å². The summed E-state index contributed by atoms with van der Waals surface area (Å²) in [5, 5.41) is 0. The van der Waals surface area contributed by atoms with Gasteiger partial charge in [0.25, 0.3) is 0 Å². The van der Waals surface area contributed by atoms with E-state index in [1.165, 1.54) is 44.1 Å². The number of hydrogen-bond donors (Lipinski definition) is 0. The van der Waals surface area contributed by atoms with Crippen LogP contribution in [-0.2, 0) is 6.42 Å². The number of rotatable bonds is 6. The SMILES string of the molecule is CCCCCCCc1ccc2ocnc2c1. The molecule has 1 heterocycles. The molecule has 2 heteroatoms. The van der Waals surface area contributed by atoms with Gasteiger partial charge in [0, 0.05) is 0 Å². The summed E-state index contributed by atoms with van der Waals surface area (Å²) < 4.78 is 5.22. The molecule has 0 saturated heterocycles. The fourth-order valence-corrected chi connectivity index (χ4v) is 1.99. The molecule has 0 unspecified atom stereocenters. The summed E-state index contributed by atoms with van der Waals surface area (Å²) in [5.74, 6) is 0. The Morgan fingerprint density at radius 3 is 2.88 bits per heavy atom. The van der Waals surface area contributed by atoms with Gasteiger partial charge in [0.05, 0.1) is 0 Å². The van der Waals surface area contributed by atoms with Crippen LogP contribution in [0.1, 0.15) is 44.6 Å². The highest BCUT2D eigenvalue weighted by atomic mass is 16.3. The first kappa shape index (κ1) is 11.2. The fourth-order valence-electron chi connectivity index (χ4n) is 1.99. The van der Waals surface area contributed by atoms with Crippen LogP contribution < -0.4 is 0 Å². The van der Waals surface area contributed by atoms with Crippen LogP contribution in [0.5, 0.6) is 0 Å². The monoisotopic (exact) mass is 217 g/mol. The predicted molar refractivity (Wildman–Crippen MR) is 66.5 cm³/mol. The van der Waals surface area contributed by atoms with Gasteiger partial charge >= 0.3 is 0 Å². The van der Waals surface area contributed by atoms with E-state index in [1.54, 1.807) is 0 Å². The molecule has 2 nitrogen and oxygen atoms in total. The number of nitrogens with zero attached hydrogens (tertiary/aromatic N) is 1. The molecule has 2 aromatic rings. The lowest BCUT2D eigenvalue weighted by atomic mass is 10.1. The maximum atomic E-state index is 5.22. The Labute approximate surface area is 96.7 Å². The average Bonchev–Trinajstić information content (AvgIpc) is 2.76. The molecule has 0 aliphatic rings. The molecule has 0 radical (unpaired) electrons. The average molecular weight is 217 g/mol. The minimum atomic E-state index is 0.884. The maximum absolute atomic E-state index is 5.22. The zero-order chi connectivity index (χ0) is 11.2. The van der Waals surface area contributed by atoms with Gasteiger partial charge in [0.15, 0.2) is 12.0 Å². The second-order valence-corrected chi connectivity index (χ2v) is 4.32. The maximum Gasteiger partial charge on any atom is 0.181 e. The molecule has 0 aliphatic carbocycles. The minimum Gasteiger partial charge on any atom is -0.443 e. The highest BCUT2D eigenvalue weighted by Gasteiger charge is 2.00.